The van der Waals surface area contributed by atoms with E-state index in [-0.39, 0.29) is 5.56 Å². The monoisotopic (exact) mass is 410 g/mol. The number of nitrogens with zero attached hydrogens (tertiary/aromatic N) is 3. The maximum atomic E-state index is 12.3. The van der Waals surface area contributed by atoms with Crippen molar-refractivity contribution in [2.45, 2.75) is 32.6 Å². The summed E-state index contributed by atoms with van der Waals surface area (Å²) in [6.45, 7) is 2.10. The van der Waals surface area contributed by atoms with E-state index < -0.39 is 27.1 Å². The van der Waals surface area contributed by atoms with Gasteiger partial charge in [-0.2, -0.15) is 5.10 Å². The van der Waals surface area contributed by atoms with Crippen LogP contribution in [-0.2, 0) is 0 Å². The molecule has 30 heavy (non-hydrogen) atoms. The van der Waals surface area contributed by atoms with E-state index >= 15 is 0 Å². The van der Waals surface area contributed by atoms with Crippen LogP contribution in [0.2, 0.25) is 0 Å². The Morgan fingerprint density at radius 1 is 1.03 bits per heavy atom. The van der Waals surface area contributed by atoms with Crippen LogP contribution in [0, 0.1) is 20.2 Å². The average molecular weight is 410 g/mol. The van der Waals surface area contributed by atoms with Crippen LogP contribution >= 0.6 is 0 Å². The van der Waals surface area contributed by atoms with Gasteiger partial charge in [-0.05, 0) is 24.0 Å². The molecule has 1 amide bonds. The molecule has 0 unspecified atom stereocenters. The number of allylic oxidation sites excluding steroid dienone is 1. The van der Waals surface area contributed by atoms with E-state index in [1.165, 1.54) is 6.21 Å². The second kappa shape index (κ2) is 11.2. The summed E-state index contributed by atoms with van der Waals surface area (Å²) in [4.78, 5) is 32.7. The highest BCUT2D eigenvalue weighted by atomic mass is 16.6. The lowest BCUT2D eigenvalue weighted by Crippen LogP contribution is -2.18. The molecular weight excluding hydrogens is 388 g/mol. The Bertz CT molecular complexity index is 938. The summed E-state index contributed by atoms with van der Waals surface area (Å²) in [6.07, 6.45) is 7.34. The van der Waals surface area contributed by atoms with Gasteiger partial charge in [-0.1, -0.05) is 56.2 Å². The lowest BCUT2D eigenvalue weighted by molar-refractivity contribution is -0.394. The molecule has 0 aromatic heterocycles. The molecule has 0 bridgehead atoms. The molecule has 0 saturated heterocycles. The minimum absolute atomic E-state index is 0.215. The number of nitro groups is 2. The van der Waals surface area contributed by atoms with Gasteiger partial charge in [0.2, 0.25) is 0 Å². The SMILES string of the molecule is CCCCCC(C=NNC(=O)c1cc([N+](=O)[O-])cc([N+](=O)[O-])c1)=Cc1ccccc1. The van der Waals surface area contributed by atoms with Gasteiger partial charge >= 0.3 is 0 Å². The van der Waals surface area contributed by atoms with Crippen LogP contribution in [-0.4, -0.2) is 22.0 Å². The number of carbonyl (C=O) groups is 1. The van der Waals surface area contributed by atoms with Gasteiger partial charge in [0, 0.05) is 12.1 Å². The molecule has 0 saturated carbocycles. The number of non-ortho nitro benzene ring substituents is 2. The molecular formula is C21H22N4O5. The summed E-state index contributed by atoms with van der Waals surface area (Å²) in [5.74, 6) is -0.773. The van der Waals surface area contributed by atoms with Crippen molar-refractivity contribution in [2.24, 2.45) is 5.10 Å². The summed E-state index contributed by atoms with van der Waals surface area (Å²) < 4.78 is 0. The first-order valence-corrected chi connectivity index (χ1v) is 9.43. The Labute approximate surface area is 173 Å². The molecule has 0 heterocycles. The lowest BCUT2D eigenvalue weighted by Gasteiger charge is -2.04. The minimum Gasteiger partial charge on any atom is -0.267 e. The lowest BCUT2D eigenvalue weighted by atomic mass is 10.1. The zero-order valence-electron chi connectivity index (χ0n) is 16.5. The third-order valence-corrected chi connectivity index (χ3v) is 4.20. The second-order valence-electron chi connectivity index (χ2n) is 6.54. The Kier molecular flexibility index (Phi) is 8.37. The van der Waals surface area contributed by atoms with Crippen molar-refractivity contribution in [3.8, 4) is 0 Å². The van der Waals surface area contributed by atoms with Crippen LogP contribution in [0.4, 0.5) is 11.4 Å². The van der Waals surface area contributed by atoms with Crippen molar-refractivity contribution in [1.29, 1.82) is 0 Å². The normalized spacial score (nSPS) is 11.4. The van der Waals surface area contributed by atoms with Crippen molar-refractivity contribution in [2.75, 3.05) is 0 Å². The first-order valence-electron chi connectivity index (χ1n) is 9.43. The summed E-state index contributed by atoms with van der Waals surface area (Å²) in [5, 5.41) is 25.9. The number of amides is 1. The number of hydrogen-bond donors (Lipinski definition) is 1. The number of rotatable bonds is 10. The smallest absolute Gasteiger partial charge is 0.267 e. The van der Waals surface area contributed by atoms with E-state index in [4.69, 9.17) is 0 Å². The quantitative estimate of drug-likeness (QED) is 0.258. The topological polar surface area (TPSA) is 128 Å². The fourth-order valence-electron chi connectivity index (χ4n) is 2.69. The number of nitro benzene ring substituents is 2. The van der Waals surface area contributed by atoms with E-state index in [1.807, 2.05) is 36.4 Å². The Balaban J connectivity index is 2.17. The van der Waals surface area contributed by atoms with Gasteiger partial charge in [-0.15, -0.1) is 0 Å². The molecule has 9 heteroatoms. The molecule has 0 radical (unpaired) electrons. The van der Waals surface area contributed by atoms with Crippen LogP contribution in [0.25, 0.3) is 6.08 Å². The zero-order chi connectivity index (χ0) is 21.9. The van der Waals surface area contributed by atoms with Gasteiger partial charge in [0.1, 0.15) is 0 Å². The van der Waals surface area contributed by atoms with Gasteiger partial charge in [-0.3, -0.25) is 25.0 Å². The predicted octanol–water partition coefficient (Wildman–Crippen LogP) is 4.88. The van der Waals surface area contributed by atoms with Gasteiger partial charge in [0.15, 0.2) is 0 Å². The molecule has 0 fully saturated rings. The maximum absolute atomic E-state index is 12.3. The first-order chi connectivity index (χ1) is 14.4. The van der Waals surface area contributed by atoms with Gasteiger partial charge in [0.05, 0.1) is 27.7 Å². The van der Waals surface area contributed by atoms with Crippen LogP contribution in [0.15, 0.2) is 59.2 Å². The van der Waals surface area contributed by atoms with Gasteiger partial charge in [-0.25, -0.2) is 5.43 Å². The van der Waals surface area contributed by atoms with Crippen LogP contribution < -0.4 is 5.43 Å². The van der Waals surface area contributed by atoms with E-state index in [2.05, 4.69) is 17.5 Å². The third-order valence-electron chi connectivity index (χ3n) is 4.20. The Hall–Kier alpha value is -3.88. The molecule has 156 valence electrons. The summed E-state index contributed by atoms with van der Waals surface area (Å²) in [7, 11) is 0. The summed E-state index contributed by atoms with van der Waals surface area (Å²) in [5.41, 5.74) is 2.89. The minimum atomic E-state index is -0.790. The van der Waals surface area contributed by atoms with Crippen molar-refractivity contribution in [1.82, 2.24) is 5.43 Å². The predicted molar refractivity (Wildman–Crippen MR) is 114 cm³/mol. The summed E-state index contributed by atoms with van der Waals surface area (Å²) in [6, 6.07) is 12.4. The van der Waals surface area contributed by atoms with Crippen LogP contribution in [0.3, 0.4) is 0 Å². The fourth-order valence-corrected chi connectivity index (χ4v) is 2.69. The maximum Gasteiger partial charge on any atom is 0.277 e. The molecule has 0 aliphatic rings. The molecule has 0 atom stereocenters. The number of nitrogens with one attached hydrogen (secondary N) is 1. The second-order valence-corrected chi connectivity index (χ2v) is 6.54. The van der Waals surface area contributed by atoms with E-state index in [0.717, 1.165) is 55.0 Å². The highest BCUT2D eigenvalue weighted by Gasteiger charge is 2.19. The highest BCUT2D eigenvalue weighted by molar-refractivity contribution is 5.96. The van der Waals surface area contributed by atoms with Gasteiger partial charge < -0.3 is 0 Å². The number of carbonyl (C=O) groups excluding carboxylic acids is 1. The first kappa shape index (κ1) is 22.4. The summed E-state index contributed by atoms with van der Waals surface area (Å²) >= 11 is 0. The van der Waals surface area contributed by atoms with Gasteiger partial charge in [0.25, 0.3) is 17.3 Å². The standard InChI is InChI=1S/C21H22N4O5/c1-2-3-5-10-17(11-16-8-6-4-7-9-16)15-22-23-21(26)18-12-19(24(27)28)14-20(13-18)25(29)30/h4,6-9,11-15H,2-3,5,10H2,1H3,(H,23,26). The molecule has 9 nitrogen and oxygen atoms in total. The Morgan fingerprint density at radius 3 is 2.23 bits per heavy atom. The van der Waals surface area contributed by atoms with Crippen LogP contribution in [0.1, 0.15) is 48.5 Å². The number of unbranched alkanes of at least 4 members (excludes halogenated alkanes) is 2. The van der Waals surface area contributed by atoms with Crippen molar-refractivity contribution < 1.29 is 14.6 Å². The molecule has 2 rings (SSSR count). The fraction of sp³-hybridized carbons (Fsp3) is 0.238. The molecule has 2 aromatic carbocycles. The molecule has 2 aromatic rings. The molecule has 1 N–H and O–H groups in total. The highest BCUT2D eigenvalue weighted by Crippen LogP contribution is 2.22. The van der Waals surface area contributed by atoms with Crippen molar-refractivity contribution in [3.05, 3.63) is 85.5 Å². The molecule has 0 aliphatic carbocycles. The molecule has 0 spiro atoms. The van der Waals surface area contributed by atoms with Crippen LogP contribution in [0.5, 0.6) is 0 Å². The Morgan fingerprint density at radius 2 is 1.67 bits per heavy atom. The zero-order valence-corrected chi connectivity index (χ0v) is 16.5. The van der Waals surface area contributed by atoms with E-state index in [9.17, 15) is 25.0 Å². The number of benzene rings is 2. The largest absolute Gasteiger partial charge is 0.277 e. The average Bonchev–Trinajstić information content (AvgIpc) is 2.74. The number of hydrogen-bond acceptors (Lipinski definition) is 6. The third kappa shape index (κ3) is 6.93. The van der Waals surface area contributed by atoms with E-state index in [1.54, 1.807) is 0 Å². The van der Waals surface area contributed by atoms with Crippen molar-refractivity contribution in [3.63, 3.8) is 0 Å². The van der Waals surface area contributed by atoms with E-state index in [0.29, 0.717) is 0 Å². The number of hydrazone groups is 1. The molecule has 0 aliphatic heterocycles. The van der Waals surface area contributed by atoms with Crippen molar-refractivity contribution >= 4 is 29.6 Å².